The van der Waals surface area contributed by atoms with E-state index in [4.69, 9.17) is 9.47 Å². The standard InChI is InChI=1S/C18H36O4/c1-4-7-8-11-16(19)12-9-13-17(20)14-10-15-18(21-5-2)22-6-3/h16,18-19H,4-15H2,1-3H3. The molecule has 0 heterocycles. The van der Waals surface area contributed by atoms with Crippen molar-refractivity contribution in [3.05, 3.63) is 0 Å². The summed E-state index contributed by atoms with van der Waals surface area (Å²) in [7, 11) is 0. The molecular formula is C18H36O4. The molecule has 4 nitrogen and oxygen atoms in total. The first-order valence-corrected chi connectivity index (χ1v) is 9.06. The van der Waals surface area contributed by atoms with E-state index in [0.29, 0.717) is 26.1 Å². The largest absolute Gasteiger partial charge is 0.393 e. The molecule has 132 valence electrons. The predicted octanol–water partition coefficient (Wildman–Crippen LogP) is 4.24. The van der Waals surface area contributed by atoms with Gasteiger partial charge in [-0.25, -0.2) is 0 Å². The number of aliphatic hydroxyl groups is 1. The molecule has 0 aromatic carbocycles. The molecule has 0 fully saturated rings. The van der Waals surface area contributed by atoms with Crippen LogP contribution in [0.2, 0.25) is 0 Å². The second kappa shape index (κ2) is 15.4. The van der Waals surface area contributed by atoms with Crippen molar-refractivity contribution in [1.29, 1.82) is 0 Å². The summed E-state index contributed by atoms with van der Waals surface area (Å²) in [6, 6.07) is 0. The highest BCUT2D eigenvalue weighted by Crippen LogP contribution is 2.12. The average molecular weight is 316 g/mol. The normalized spacial score (nSPS) is 12.8. The summed E-state index contributed by atoms with van der Waals surface area (Å²) in [5.41, 5.74) is 0. The highest BCUT2D eigenvalue weighted by atomic mass is 16.7. The van der Waals surface area contributed by atoms with E-state index in [9.17, 15) is 9.90 Å². The third-order valence-electron chi connectivity index (χ3n) is 3.73. The lowest BCUT2D eigenvalue weighted by atomic mass is 10.0. The van der Waals surface area contributed by atoms with Crippen LogP contribution in [-0.4, -0.2) is 36.5 Å². The van der Waals surface area contributed by atoms with Crippen LogP contribution in [0.4, 0.5) is 0 Å². The fourth-order valence-corrected chi connectivity index (χ4v) is 2.49. The molecule has 0 saturated carbocycles. The maximum Gasteiger partial charge on any atom is 0.157 e. The zero-order valence-electron chi connectivity index (χ0n) is 14.8. The SMILES string of the molecule is CCCCCC(O)CCCC(=O)CCCC(OCC)OCC. The van der Waals surface area contributed by atoms with Crippen molar-refractivity contribution in [3.63, 3.8) is 0 Å². The number of unbranched alkanes of at least 4 members (excludes halogenated alkanes) is 2. The summed E-state index contributed by atoms with van der Waals surface area (Å²) < 4.78 is 10.9. The second-order valence-electron chi connectivity index (χ2n) is 5.81. The van der Waals surface area contributed by atoms with Gasteiger partial charge in [-0.2, -0.15) is 0 Å². The predicted molar refractivity (Wildman–Crippen MR) is 89.9 cm³/mol. The van der Waals surface area contributed by atoms with Crippen LogP contribution in [-0.2, 0) is 14.3 Å². The van der Waals surface area contributed by atoms with Crippen LogP contribution in [0.1, 0.15) is 85.0 Å². The lowest BCUT2D eigenvalue weighted by Gasteiger charge is -2.16. The minimum atomic E-state index is -0.236. The van der Waals surface area contributed by atoms with Crippen LogP contribution in [0, 0.1) is 0 Å². The van der Waals surface area contributed by atoms with Crippen LogP contribution in [0.15, 0.2) is 0 Å². The first-order valence-electron chi connectivity index (χ1n) is 9.06. The molecule has 0 radical (unpaired) electrons. The van der Waals surface area contributed by atoms with Gasteiger partial charge in [0.1, 0.15) is 5.78 Å². The molecule has 0 rings (SSSR count). The average Bonchev–Trinajstić information content (AvgIpc) is 2.48. The Bertz CT molecular complexity index is 249. The van der Waals surface area contributed by atoms with Gasteiger partial charge in [-0.15, -0.1) is 0 Å². The minimum absolute atomic E-state index is 0.178. The summed E-state index contributed by atoms with van der Waals surface area (Å²) in [6.07, 6.45) is 8.18. The van der Waals surface area contributed by atoms with E-state index in [2.05, 4.69) is 6.92 Å². The zero-order chi connectivity index (χ0) is 16.6. The van der Waals surface area contributed by atoms with E-state index in [1.54, 1.807) is 0 Å². The highest BCUT2D eigenvalue weighted by Gasteiger charge is 2.10. The fraction of sp³-hybridized carbons (Fsp3) is 0.944. The Morgan fingerprint density at radius 3 is 1.95 bits per heavy atom. The molecule has 0 aromatic rings. The topological polar surface area (TPSA) is 55.8 Å². The molecule has 0 spiro atoms. The maximum absolute atomic E-state index is 11.8. The van der Waals surface area contributed by atoms with E-state index in [-0.39, 0.29) is 18.2 Å². The highest BCUT2D eigenvalue weighted by molar-refractivity contribution is 5.78. The Balaban J connectivity index is 3.60. The first-order chi connectivity index (χ1) is 10.6. The van der Waals surface area contributed by atoms with Gasteiger partial charge in [0.25, 0.3) is 0 Å². The van der Waals surface area contributed by atoms with E-state index < -0.39 is 0 Å². The Morgan fingerprint density at radius 1 is 0.864 bits per heavy atom. The van der Waals surface area contributed by atoms with E-state index in [1.807, 2.05) is 13.8 Å². The summed E-state index contributed by atoms with van der Waals surface area (Å²) in [4.78, 5) is 11.8. The molecular weight excluding hydrogens is 280 g/mol. The molecule has 0 aliphatic heterocycles. The fourth-order valence-electron chi connectivity index (χ4n) is 2.49. The molecule has 1 N–H and O–H groups in total. The van der Waals surface area contributed by atoms with E-state index in [0.717, 1.165) is 38.5 Å². The third-order valence-corrected chi connectivity index (χ3v) is 3.73. The van der Waals surface area contributed by atoms with Crippen LogP contribution in [0.5, 0.6) is 0 Å². The number of hydrogen-bond acceptors (Lipinski definition) is 4. The maximum atomic E-state index is 11.8. The van der Waals surface area contributed by atoms with Gasteiger partial charge in [0.05, 0.1) is 6.10 Å². The third kappa shape index (κ3) is 13.2. The van der Waals surface area contributed by atoms with Crippen molar-refractivity contribution >= 4 is 5.78 Å². The van der Waals surface area contributed by atoms with Crippen molar-refractivity contribution in [2.45, 2.75) is 97.4 Å². The molecule has 1 unspecified atom stereocenters. The van der Waals surface area contributed by atoms with Crippen molar-refractivity contribution in [2.75, 3.05) is 13.2 Å². The minimum Gasteiger partial charge on any atom is -0.393 e. The molecule has 0 aliphatic carbocycles. The van der Waals surface area contributed by atoms with Gasteiger partial charge < -0.3 is 14.6 Å². The molecule has 0 amide bonds. The van der Waals surface area contributed by atoms with Gasteiger partial charge >= 0.3 is 0 Å². The van der Waals surface area contributed by atoms with Gasteiger partial charge in [0.2, 0.25) is 0 Å². The van der Waals surface area contributed by atoms with E-state index >= 15 is 0 Å². The Labute approximate surface area is 136 Å². The van der Waals surface area contributed by atoms with Gasteiger partial charge in [-0.05, 0) is 46.0 Å². The molecule has 22 heavy (non-hydrogen) atoms. The van der Waals surface area contributed by atoms with E-state index in [1.165, 1.54) is 12.8 Å². The first kappa shape index (κ1) is 21.6. The van der Waals surface area contributed by atoms with Crippen LogP contribution in [0.3, 0.4) is 0 Å². The summed E-state index contributed by atoms with van der Waals surface area (Å²) >= 11 is 0. The number of Topliss-reactive ketones (excluding diaryl/α,β-unsaturated/α-hetero) is 1. The quantitative estimate of drug-likeness (QED) is 0.342. The summed E-state index contributed by atoms with van der Waals surface area (Å²) in [5.74, 6) is 0.285. The number of carbonyl (C=O) groups excluding carboxylic acids is 1. The summed E-state index contributed by atoms with van der Waals surface area (Å²) in [6.45, 7) is 7.32. The lowest BCUT2D eigenvalue weighted by Crippen LogP contribution is -2.17. The smallest absolute Gasteiger partial charge is 0.157 e. The number of rotatable bonds is 16. The monoisotopic (exact) mass is 316 g/mol. The Kier molecular flexibility index (Phi) is 15.1. The molecule has 0 bridgehead atoms. The molecule has 4 heteroatoms. The number of carbonyl (C=O) groups is 1. The Morgan fingerprint density at radius 2 is 1.41 bits per heavy atom. The zero-order valence-corrected chi connectivity index (χ0v) is 14.8. The van der Waals surface area contributed by atoms with Gasteiger partial charge in [-0.1, -0.05) is 26.2 Å². The van der Waals surface area contributed by atoms with Crippen LogP contribution >= 0.6 is 0 Å². The molecule has 0 saturated heterocycles. The van der Waals surface area contributed by atoms with Crippen molar-refractivity contribution in [3.8, 4) is 0 Å². The Hall–Kier alpha value is -0.450. The van der Waals surface area contributed by atoms with Crippen molar-refractivity contribution in [2.24, 2.45) is 0 Å². The van der Waals surface area contributed by atoms with Crippen molar-refractivity contribution in [1.82, 2.24) is 0 Å². The van der Waals surface area contributed by atoms with Gasteiger partial charge in [0, 0.05) is 26.1 Å². The molecule has 1 atom stereocenters. The van der Waals surface area contributed by atoms with Crippen LogP contribution in [0.25, 0.3) is 0 Å². The van der Waals surface area contributed by atoms with Crippen LogP contribution < -0.4 is 0 Å². The second-order valence-corrected chi connectivity index (χ2v) is 5.81. The number of hydrogen-bond donors (Lipinski definition) is 1. The molecule has 0 aliphatic rings. The molecule has 0 aromatic heterocycles. The number of ketones is 1. The van der Waals surface area contributed by atoms with Gasteiger partial charge in [-0.3, -0.25) is 4.79 Å². The lowest BCUT2D eigenvalue weighted by molar-refractivity contribution is -0.141. The van der Waals surface area contributed by atoms with Gasteiger partial charge in [0.15, 0.2) is 6.29 Å². The number of ether oxygens (including phenoxy) is 2. The number of aliphatic hydroxyl groups excluding tert-OH is 1. The summed E-state index contributed by atoms with van der Waals surface area (Å²) in [5, 5.41) is 9.81. The van der Waals surface area contributed by atoms with Crippen molar-refractivity contribution < 1.29 is 19.4 Å².